The summed E-state index contributed by atoms with van der Waals surface area (Å²) in [7, 11) is 0. The van der Waals surface area contributed by atoms with Crippen LogP contribution in [-0.2, 0) is 4.74 Å². The highest BCUT2D eigenvalue weighted by molar-refractivity contribution is 9.10. The van der Waals surface area contributed by atoms with Gasteiger partial charge in [-0.05, 0) is 34.3 Å². The Balaban J connectivity index is 2.79. The van der Waals surface area contributed by atoms with E-state index in [-0.39, 0.29) is 11.3 Å². The first-order valence-corrected chi connectivity index (χ1v) is 6.65. The number of esters is 1. The third-order valence-corrected chi connectivity index (χ3v) is 3.06. The number of rotatable bonds is 4. The van der Waals surface area contributed by atoms with Crippen LogP contribution in [0.2, 0.25) is 0 Å². The molecule has 0 saturated carbocycles. The van der Waals surface area contributed by atoms with E-state index < -0.39 is 11.8 Å². The van der Waals surface area contributed by atoms with Gasteiger partial charge in [0.15, 0.2) is 0 Å². The van der Waals surface area contributed by atoms with Gasteiger partial charge in [0.05, 0.1) is 11.3 Å². The fraction of sp³-hybridized carbons (Fsp3) is 0.300. The van der Waals surface area contributed by atoms with E-state index in [4.69, 9.17) is 10.5 Å². The summed E-state index contributed by atoms with van der Waals surface area (Å²) in [5.74, 6) is -0.347. The average molecular weight is 308 g/mol. The van der Waals surface area contributed by atoms with Crippen molar-refractivity contribution in [2.24, 2.45) is 0 Å². The largest absolute Gasteiger partial charge is 0.461 e. The highest BCUT2D eigenvalue weighted by atomic mass is 79.9. The number of nitrogens with two attached hydrogens (primary N) is 1. The second kappa shape index (κ2) is 6.10. The summed E-state index contributed by atoms with van der Waals surface area (Å²) in [5.41, 5.74) is 5.54. The van der Waals surface area contributed by atoms with Crippen LogP contribution in [-0.4, -0.2) is 24.6 Å². The third-order valence-electron chi connectivity index (χ3n) is 1.83. The number of halogens is 2. The number of thioether (sulfide) groups is 1. The Hall–Kier alpha value is -0.750. The van der Waals surface area contributed by atoms with Crippen LogP contribution in [0.3, 0.4) is 0 Å². The van der Waals surface area contributed by atoms with Crippen molar-refractivity contribution in [3.63, 3.8) is 0 Å². The van der Waals surface area contributed by atoms with Crippen molar-refractivity contribution in [1.82, 2.24) is 0 Å². The van der Waals surface area contributed by atoms with Gasteiger partial charge in [0, 0.05) is 10.2 Å². The Labute approximate surface area is 106 Å². The smallest absolute Gasteiger partial charge is 0.339 e. The summed E-state index contributed by atoms with van der Waals surface area (Å²) >= 11 is 4.66. The molecule has 1 aromatic rings. The number of anilines is 1. The van der Waals surface area contributed by atoms with Crippen molar-refractivity contribution >= 4 is 39.3 Å². The molecule has 0 unspecified atom stereocenters. The van der Waals surface area contributed by atoms with Crippen LogP contribution in [0.5, 0.6) is 0 Å². The summed E-state index contributed by atoms with van der Waals surface area (Å²) in [6, 6.07) is 2.42. The fourth-order valence-electron chi connectivity index (χ4n) is 1.02. The molecule has 3 nitrogen and oxygen atoms in total. The molecule has 0 spiro atoms. The van der Waals surface area contributed by atoms with Crippen LogP contribution in [0.15, 0.2) is 16.6 Å². The van der Waals surface area contributed by atoms with Gasteiger partial charge in [0.1, 0.15) is 12.4 Å². The van der Waals surface area contributed by atoms with E-state index in [0.717, 1.165) is 11.8 Å². The highest BCUT2D eigenvalue weighted by Gasteiger charge is 2.14. The molecule has 0 fully saturated rings. The Kier molecular flexibility index (Phi) is 5.08. The molecule has 16 heavy (non-hydrogen) atoms. The van der Waals surface area contributed by atoms with Gasteiger partial charge >= 0.3 is 5.97 Å². The molecule has 0 saturated heterocycles. The average Bonchev–Trinajstić information content (AvgIpc) is 2.23. The first-order chi connectivity index (χ1) is 7.56. The molecule has 0 aliphatic carbocycles. The zero-order chi connectivity index (χ0) is 12.1. The van der Waals surface area contributed by atoms with Gasteiger partial charge in [-0.25, -0.2) is 9.18 Å². The minimum atomic E-state index is -0.562. The lowest BCUT2D eigenvalue weighted by Gasteiger charge is -2.07. The van der Waals surface area contributed by atoms with Crippen molar-refractivity contribution in [3.05, 3.63) is 28.0 Å². The molecule has 0 aromatic heterocycles. The summed E-state index contributed by atoms with van der Waals surface area (Å²) < 4.78 is 18.3. The molecule has 2 N–H and O–H groups in total. The van der Waals surface area contributed by atoms with Gasteiger partial charge in [0.25, 0.3) is 0 Å². The van der Waals surface area contributed by atoms with Gasteiger partial charge in [-0.1, -0.05) is 0 Å². The first-order valence-electron chi connectivity index (χ1n) is 4.47. The molecule has 0 aliphatic heterocycles. The molecule has 1 rings (SSSR count). The molecular formula is C10H11BrFNO2S. The standard InChI is InChI=1S/C10H11BrFNO2S/c1-16-3-2-15-10(14)6-4-9(13)8(12)5-7(6)11/h4-5H,2-3,13H2,1H3. The Morgan fingerprint density at radius 1 is 1.62 bits per heavy atom. The second-order valence-corrected chi connectivity index (χ2v) is 4.82. The number of nitrogen functional groups attached to an aromatic ring is 1. The van der Waals surface area contributed by atoms with Crippen molar-refractivity contribution in [1.29, 1.82) is 0 Å². The third kappa shape index (κ3) is 3.38. The van der Waals surface area contributed by atoms with Gasteiger partial charge in [-0.3, -0.25) is 0 Å². The van der Waals surface area contributed by atoms with E-state index in [1.165, 1.54) is 6.07 Å². The number of benzene rings is 1. The molecule has 0 bridgehead atoms. The molecule has 88 valence electrons. The molecule has 1 aromatic carbocycles. The summed E-state index contributed by atoms with van der Waals surface area (Å²) in [4.78, 5) is 11.6. The molecule has 0 aliphatic rings. The SMILES string of the molecule is CSCCOC(=O)c1cc(N)c(F)cc1Br. The molecule has 0 atom stereocenters. The van der Waals surface area contributed by atoms with E-state index in [1.807, 2.05) is 6.26 Å². The Bertz CT molecular complexity index is 401. The Morgan fingerprint density at radius 2 is 2.31 bits per heavy atom. The predicted molar refractivity (Wildman–Crippen MR) is 67.2 cm³/mol. The summed E-state index contributed by atoms with van der Waals surface area (Å²) in [5, 5.41) is 0. The van der Waals surface area contributed by atoms with Gasteiger partial charge in [-0.15, -0.1) is 0 Å². The summed E-state index contributed by atoms with van der Waals surface area (Å²) in [6.07, 6.45) is 1.92. The molecular weight excluding hydrogens is 297 g/mol. The van der Waals surface area contributed by atoms with Crippen LogP contribution >= 0.6 is 27.7 Å². The van der Waals surface area contributed by atoms with Crippen LogP contribution in [0.25, 0.3) is 0 Å². The maximum atomic E-state index is 13.0. The van der Waals surface area contributed by atoms with Gasteiger partial charge < -0.3 is 10.5 Å². The van der Waals surface area contributed by atoms with E-state index in [0.29, 0.717) is 11.1 Å². The quantitative estimate of drug-likeness (QED) is 0.528. The van der Waals surface area contributed by atoms with Gasteiger partial charge in [-0.2, -0.15) is 11.8 Å². The maximum absolute atomic E-state index is 13.0. The fourth-order valence-corrected chi connectivity index (χ4v) is 1.74. The van der Waals surface area contributed by atoms with Gasteiger partial charge in [0.2, 0.25) is 0 Å². The number of ether oxygens (including phenoxy) is 1. The lowest BCUT2D eigenvalue weighted by molar-refractivity contribution is 0.0529. The molecule has 0 amide bonds. The minimum absolute atomic E-state index is 0.0694. The van der Waals surface area contributed by atoms with E-state index in [9.17, 15) is 9.18 Å². The van der Waals surface area contributed by atoms with Crippen LogP contribution in [0, 0.1) is 5.82 Å². The van der Waals surface area contributed by atoms with E-state index >= 15 is 0 Å². The molecule has 0 radical (unpaired) electrons. The van der Waals surface area contributed by atoms with Crippen molar-refractivity contribution in [2.75, 3.05) is 24.3 Å². The molecule has 0 heterocycles. The Morgan fingerprint density at radius 3 is 2.94 bits per heavy atom. The van der Waals surface area contributed by atoms with Crippen molar-refractivity contribution in [2.45, 2.75) is 0 Å². The van der Waals surface area contributed by atoms with E-state index in [2.05, 4.69) is 15.9 Å². The maximum Gasteiger partial charge on any atom is 0.339 e. The lowest BCUT2D eigenvalue weighted by atomic mass is 10.2. The van der Waals surface area contributed by atoms with Crippen LogP contribution in [0.4, 0.5) is 10.1 Å². The number of carbonyl (C=O) groups is 1. The molecule has 6 heteroatoms. The summed E-state index contributed by atoms with van der Waals surface area (Å²) in [6.45, 7) is 0.323. The van der Waals surface area contributed by atoms with Crippen molar-refractivity contribution in [3.8, 4) is 0 Å². The number of hydrogen-bond donors (Lipinski definition) is 1. The van der Waals surface area contributed by atoms with E-state index in [1.54, 1.807) is 11.8 Å². The lowest BCUT2D eigenvalue weighted by Crippen LogP contribution is -2.09. The predicted octanol–water partition coefficient (Wildman–Crippen LogP) is 2.69. The monoisotopic (exact) mass is 307 g/mol. The topological polar surface area (TPSA) is 52.3 Å². The van der Waals surface area contributed by atoms with Crippen molar-refractivity contribution < 1.29 is 13.9 Å². The van der Waals surface area contributed by atoms with Crippen LogP contribution < -0.4 is 5.73 Å². The highest BCUT2D eigenvalue weighted by Crippen LogP contribution is 2.23. The minimum Gasteiger partial charge on any atom is -0.461 e. The van der Waals surface area contributed by atoms with Crippen LogP contribution in [0.1, 0.15) is 10.4 Å². The number of carbonyl (C=O) groups excluding carboxylic acids is 1. The zero-order valence-electron chi connectivity index (χ0n) is 8.63. The normalized spacial score (nSPS) is 10.2. The number of hydrogen-bond acceptors (Lipinski definition) is 4. The second-order valence-electron chi connectivity index (χ2n) is 2.98. The first kappa shape index (κ1) is 13.3. The zero-order valence-corrected chi connectivity index (χ0v) is 11.0.